The maximum Gasteiger partial charge on any atom is 0.326 e. The molecule has 4 rings (SSSR count). The maximum atomic E-state index is 12.0. The van der Waals surface area contributed by atoms with Crippen LogP contribution in [0.5, 0.6) is 5.75 Å². The molecule has 0 radical (unpaired) electrons. The number of fused-ring (bicyclic) bond motifs is 1. The Bertz CT molecular complexity index is 1300. The third kappa shape index (κ3) is 7.16. The second-order valence-electron chi connectivity index (χ2n) is 8.32. The van der Waals surface area contributed by atoms with E-state index in [0.717, 1.165) is 18.5 Å². The number of rotatable bonds is 11. The Hall–Kier alpha value is -4.68. The van der Waals surface area contributed by atoms with Gasteiger partial charge in [0, 0.05) is 32.0 Å². The number of carboxylic acid groups (broad SMARTS) is 1. The predicted octanol–water partition coefficient (Wildman–Crippen LogP) is 2.47. The molecule has 0 bridgehead atoms. The van der Waals surface area contributed by atoms with Crippen molar-refractivity contribution in [3.8, 4) is 5.75 Å². The minimum absolute atomic E-state index is 0.0433. The van der Waals surface area contributed by atoms with Gasteiger partial charge < -0.3 is 24.9 Å². The molecule has 0 saturated heterocycles. The molecule has 4 N–H and O–H groups in total. The molecule has 2 heterocycles. The first-order valence-electron chi connectivity index (χ1n) is 11.7. The molecule has 1 atom stereocenters. The molecule has 1 aliphatic heterocycles. The number of nitro groups is 1. The number of guanidine groups is 1. The van der Waals surface area contributed by atoms with Crippen molar-refractivity contribution in [2.24, 2.45) is 4.99 Å². The minimum atomic E-state index is -1.11. The number of aromatic nitrogens is 1. The number of amides is 1. The fourth-order valence-electron chi connectivity index (χ4n) is 3.63. The Balaban J connectivity index is 1.26. The van der Waals surface area contributed by atoms with Crippen LogP contribution in [0, 0.1) is 10.1 Å². The number of nitro benzene ring substituents is 1. The predicted molar refractivity (Wildman–Crippen MR) is 134 cm³/mol. The summed E-state index contributed by atoms with van der Waals surface area (Å²) in [4.78, 5) is 42.5. The van der Waals surface area contributed by atoms with Crippen molar-refractivity contribution in [1.82, 2.24) is 15.6 Å². The zero-order chi connectivity index (χ0) is 26.2. The Kier molecular flexibility index (Phi) is 8.13. The molecule has 0 aliphatic carbocycles. The fraction of sp³-hybridized carbons (Fsp3) is 0.333. The Morgan fingerprint density at radius 1 is 1.24 bits per heavy atom. The lowest BCUT2D eigenvalue weighted by Crippen LogP contribution is -2.43. The van der Waals surface area contributed by atoms with Gasteiger partial charge in [-0.05, 0) is 36.6 Å². The van der Waals surface area contributed by atoms with Crippen molar-refractivity contribution >= 4 is 40.6 Å². The Morgan fingerprint density at radius 3 is 2.76 bits per heavy atom. The number of carboxylic acids is 1. The van der Waals surface area contributed by atoms with Crippen molar-refractivity contribution in [1.29, 1.82) is 0 Å². The third-order valence-corrected chi connectivity index (χ3v) is 5.51. The van der Waals surface area contributed by atoms with Crippen LogP contribution in [0.15, 0.2) is 51.9 Å². The van der Waals surface area contributed by atoms with Gasteiger partial charge in [-0.3, -0.25) is 25.2 Å². The number of nitrogens with zero attached hydrogens (tertiary/aromatic N) is 3. The molecule has 37 heavy (non-hydrogen) atoms. The molecular weight excluding hydrogens is 484 g/mol. The largest absolute Gasteiger partial charge is 0.494 e. The van der Waals surface area contributed by atoms with E-state index in [0.29, 0.717) is 43.2 Å². The van der Waals surface area contributed by atoms with Gasteiger partial charge in [0.1, 0.15) is 17.3 Å². The number of carbonyl (C=O) groups is 2. The topological polar surface area (TPSA) is 181 Å². The van der Waals surface area contributed by atoms with Gasteiger partial charge in [0.2, 0.25) is 5.91 Å². The van der Waals surface area contributed by atoms with Gasteiger partial charge in [0.15, 0.2) is 11.5 Å². The smallest absolute Gasteiger partial charge is 0.326 e. The van der Waals surface area contributed by atoms with E-state index in [9.17, 15) is 24.8 Å². The lowest BCUT2D eigenvalue weighted by molar-refractivity contribution is -0.384. The third-order valence-electron chi connectivity index (χ3n) is 5.51. The van der Waals surface area contributed by atoms with E-state index in [1.54, 1.807) is 24.3 Å². The van der Waals surface area contributed by atoms with Crippen molar-refractivity contribution in [2.75, 3.05) is 25.0 Å². The number of nitrogens with one attached hydrogen (secondary N) is 3. The zero-order valence-electron chi connectivity index (χ0n) is 19.8. The molecule has 0 fully saturated rings. The SMILES string of the molecule is O=C(CCCOc1ccc(CC(Nc2nc3ccc([N+](=O)[O-])cc3o2)C(=O)O)cc1)NC1=NCCCN1. The van der Waals surface area contributed by atoms with Crippen molar-refractivity contribution < 1.29 is 28.8 Å². The molecule has 1 amide bonds. The summed E-state index contributed by atoms with van der Waals surface area (Å²) in [5, 5.41) is 29.1. The molecule has 0 spiro atoms. The molecule has 194 valence electrons. The maximum absolute atomic E-state index is 12.0. The van der Waals surface area contributed by atoms with Crippen LogP contribution in [0.4, 0.5) is 11.7 Å². The van der Waals surface area contributed by atoms with Gasteiger partial charge in [-0.2, -0.15) is 4.98 Å². The van der Waals surface area contributed by atoms with E-state index in [2.05, 4.69) is 25.9 Å². The standard InChI is InChI=1S/C24H26N6O7/c31-21(29-23-25-10-2-11-26-23)3-1-12-36-17-7-4-15(5-8-17)13-19(22(32)33)28-24-27-18-9-6-16(30(34)35)14-20(18)37-24/h4-9,14,19H,1-3,10-13H2,(H,27,28)(H,32,33)(H2,25,26,29,31). The highest BCUT2D eigenvalue weighted by Crippen LogP contribution is 2.24. The number of aliphatic imine (C=N–C) groups is 1. The lowest BCUT2D eigenvalue weighted by atomic mass is 10.1. The van der Waals surface area contributed by atoms with E-state index in [1.807, 2.05) is 0 Å². The molecule has 1 unspecified atom stereocenters. The summed E-state index contributed by atoms with van der Waals surface area (Å²) in [6.45, 7) is 1.85. The van der Waals surface area contributed by atoms with Gasteiger partial charge in [-0.25, -0.2) is 4.79 Å². The second-order valence-corrected chi connectivity index (χ2v) is 8.32. The van der Waals surface area contributed by atoms with Crippen LogP contribution in [0.2, 0.25) is 0 Å². The average Bonchev–Trinajstić information content (AvgIpc) is 3.29. The number of anilines is 1. The number of ether oxygens (including phenoxy) is 1. The van der Waals surface area contributed by atoms with Gasteiger partial charge in [-0.1, -0.05) is 12.1 Å². The molecule has 13 nitrogen and oxygen atoms in total. The van der Waals surface area contributed by atoms with Crippen molar-refractivity contribution in [2.45, 2.75) is 31.7 Å². The van der Waals surface area contributed by atoms with E-state index in [-0.39, 0.29) is 29.6 Å². The molecule has 13 heteroatoms. The Labute approximate surface area is 211 Å². The number of benzene rings is 2. The quantitative estimate of drug-likeness (QED) is 0.170. The highest BCUT2D eigenvalue weighted by Gasteiger charge is 2.21. The highest BCUT2D eigenvalue weighted by atomic mass is 16.6. The molecule has 2 aromatic carbocycles. The molecule has 3 aromatic rings. The first-order valence-corrected chi connectivity index (χ1v) is 11.7. The van der Waals surface area contributed by atoms with Crippen molar-refractivity contribution in [3.63, 3.8) is 0 Å². The summed E-state index contributed by atoms with van der Waals surface area (Å²) in [5.74, 6) is -0.123. The van der Waals surface area contributed by atoms with Crippen LogP contribution in [0.1, 0.15) is 24.8 Å². The Morgan fingerprint density at radius 2 is 2.05 bits per heavy atom. The summed E-state index contributed by atoms with van der Waals surface area (Å²) < 4.78 is 11.1. The first-order chi connectivity index (χ1) is 17.9. The first kappa shape index (κ1) is 25.4. The van der Waals surface area contributed by atoms with Crippen LogP contribution in [-0.4, -0.2) is 58.6 Å². The van der Waals surface area contributed by atoms with Crippen LogP contribution >= 0.6 is 0 Å². The van der Waals surface area contributed by atoms with Crippen LogP contribution in [0.3, 0.4) is 0 Å². The highest BCUT2D eigenvalue weighted by molar-refractivity contribution is 5.97. The number of carbonyl (C=O) groups excluding carboxylic acids is 1. The molecular formula is C24H26N6O7. The fourth-order valence-corrected chi connectivity index (χ4v) is 3.63. The molecule has 0 saturated carbocycles. The zero-order valence-corrected chi connectivity index (χ0v) is 19.8. The average molecular weight is 511 g/mol. The van der Waals surface area contributed by atoms with Crippen LogP contribution in [-0.2, 0) is 16.0 Å². The van der Waals surface area contributed by atoms with E-state index >= 15 is 0 Å². The number of hydrogen-bond acceptors (Lipinski definition) is 10. The van der Waals surface area contributed by atoms with E-state index < -0.39 is 16.9 Å². The normalized spacial score (nSPS) is 13.8. The lowest BCUT2D eigenvalue weighted by Gasteiger charge is -2.15. The summed E-state index contributed by atoms with van der Waals surface area (Å²) in [7, 11) is 0. The number of non-ortho nitro benzene ring substituents is 1. The number of hydrogen-bond donors (Lipinski definition) is 4. The van der Waals surface area contributed by atoms with Gasteiger partial charge >= 0.3 is 5.97 Å². The minimum Gasteiger partial charge on any atom is -0.494 e. The summed E-state index contributed by atoms with van der Waals surface area (Å²) >= 11 is 0. The van der Waals surface area contributed by atoms with Crippen molar-refractivity contribution in [3.05, 3.63) is 58.1 Å². The second kappa shape index (κ2) is 11.8. The van der Waals surface area contributed by atoms with Gasteiger partial charge in [0.25, 0.3) is 11.7 Å². The summed E-state index contributed by atoms with van der Waals surface area (Å²) in [6.07, 6.45) is 1.91. The molecule has 1 aliphatic rings. The number of aliphatic carboxylic acids is 1. The van der Waals surface area contributed by atoms with Gasteiger partial charge in [-0.15, -0.1) is 0 Å². The van der Waals surface area contributed by atoms with Crippen LogP contribution < -0.4 is 20.7 Å². The monoisotopic (exact) mass is 510 g/mol. The van der Waals surface area contributed by atoms with E-state index in [4.69, 9.17) is 9.15 Å². The van der Waals surface area contributed by atoms with Crippen LogP contribution in [0.25, 0.3) is 11.1 Å². The number of oxazole rings is 1. The summed E-state index contributed by atoms with van der Waals surface area (Å²) in [5.41, 5.74) is 1.14. The summed E-state index contributed by atoms with van der Waals surface area (Å²) in [6, 6.07) is 9.84. The van der Waals surface area contributed by atoms with E-state index in [1.165, 1.54) is 18.2 Å². The van der Waals surface area contributed by atoms with Gasteiger partial charge in [0.05, 0.1) is 17.6 Å². The molecule has 1 aromatic heterocycles.